The largest absolute Gasteiger partial charge is 0.0625 e. The lowest BCUT2D eigenvalue weighted by Crippen LogP contribution is -2.14. The van der Waals surface area contributed by atoms with Crippen LogP contribution in [0.3, 0.4) is 0 Å². The smallest absolute Gasteiger partial charge is 0.0354 e. The average molecular weight is 224 g/mol. The maximum absolute atomic E-state index is 2.47. The number of rotatable bonds is 0. The van der Waals surface area contributed by atoms with E-state index in [0.29, 0.717) is 5.41 Å². The van der Waals surface area contributed by atoms with Gasteiger partial charge in [0.1, 0.15) is 0 Å². The van der Waals surface area contributed by atoms with Gasteiger partial charge in [0.25, 0.3) is 0 Å². The Hall–Kier alpha value is 0. The summed E-state index contributed by atoms with van der Waals surface area (Å²) in [5, 5.41) is 0. The molecule has 96 valence electrons. The molecule has 1 saturated carbocycles. The molecule has 2 unspecified atom stereocenters. The van der Waals surface area contributed by atoms with Crippen LogP contribution in [0.15, 0.2) is 0 Å². The van der Waals surface area contributed by atoms with Crippen molar-refractivity contribution >= 4 is 0 Å². The third kappa shape index (κ3) is 5.92. The third-order valence-electron chi connectivity index (χ3n) is 4.52. The van der Waals surface area contributed by atoms with Gasteiger partial charge in [-0.1, -0.05) is 72.6 Å². The molecule has 0 heteroatoms. The molecular formula is C16H32. The SMILES string of the molecule is CC1CCCCCC(C)(C)CCC(C)CC1. The second-order valence-corrected chi connectivity index (χ2v) is 7.09. The zero-order valence-corrected chi connectivity index (χ0v) is 12.0. The van der Waals surface area contributed by atoms with Gasteiger partial charge >= 0.3 is 0 Å². The molecular weight excluding hydrogens is 192 g/mol. The Kier molecular flexibility index (Phi) is 5.86. The van der Waals surface area contributed by atoms with Crippen molar-refractivity contribution in [2.45, 2.75) is 85.5 Å². The molecule has 0 amide bonds. The first-order valence-electron chi connectivity index (χ1n) is 7.49. The van der Waals surface area contributed by atoms with E-state index < -0.39 is 0 Å². The Bertz CT molecular complexity index is 180. The highest BCUT2D eigenvalue weighted by atomic mass is 14.2. The molecule has 1 rings (SSSR count). The minimum absolute atomic E-state index is 0.596. The predicted molar refractivity (Wildman–Crippen MR) is 73.7 cm³/mol. The topological polar surface area (TPSA) is 0 Å². The quantitative estimate of drug-likeness (QED) is 0.487. The highest BCUT2D eigenvalue weighted by Crippen LogP contribution is 2.33. The molecule has 2 atom stereocenters. The Labute approximate surface area is 103 Å². The highest BCUT2D eigenvalue weighted by Gasteiger charge is 2.19. The molecule has 0 radical (unpaired) electrons. The van der Waals surface area contributed by atoms with Gasteiger partial charge in [-0.15, -0.1) is 0 Å². The number of hydrogen-bond donors (Lipinski definition) is 0. The fraction of sp³-hybridized carbons (Fsp3) is 1.00. The van der Waals surface area contributed by atoms with Gasteiger partial charge in [-0.2, -0.15) is 0 Å². The lowest BCUT2D eigenvalue weighted by molar-refractivity contribution is 0.251. The molecule has 1 fully saturated rings. The van der Waals surface area contributed by atoms with Crippen molar-refractivity contribution in [3.05, 3.63) is 0 Å². The fourth-order valence-corrected chi connectivity index (χ4v) is 2.89. The van der Waals surface area contributed by atoms with Gasteiger partial charge in [-0.05, 0) is 30.1 Å². The summed E-state index contributed by atoms with van der Waals surface area (Å²) in [5.41, 5.74) is 0.596. The first kappa shape index (κ1) is 14.1. The molecule has 0 nitrogen and oxygen atoms in total. The molecule has 0 saturated heterocycles. The van der Waals surface area contributed by atoms with E-state index in [2.05, 4.69) is 27.7 Å². The van der Waals surface area contributed by atoms with Crippen LogP contribution >= 0.6 is 0 Å². The zero-order valence-electron chi connectivity index (χ0n) is 12.0. The van der Waals surface area contributed by atoms with Crippen molar-refractivity contribution in [2.24, 2.45) is 17.3 Å². The van der Waals surface area contributed by atoms with Gasteiger partial charge in [0.2, 0.25) is 0 Å². The summed E-state index contributed by atoms with van der Waals surface area (Å²) < 4.78 is 0. The second kappa shape index (κ2) is 6.67. The molecule has 0 spiro atoms. The van der Waals surface area contributed by atoms with Crippen molar-refractivity contribution in [3.63, 3.8) is 0 Å². The van der Waals surface area contributed by atoms with Crippen molar-refractivity contribution in [3.8, 4) is 0 Å². The van der Waals surface area contributed by atoms with Gasteiger partial charge in [0.05, 0.1) is 0 Å². The Morgan fingerprint density at radius 2 is 1.31 bits per heavy atom. The van der Waals surface area contributed by atoms with Crippen LogP contribution in [0, 0.1) is 17.3 Å². The monoisotopic (exact) mass is 224 g/mol. The summed E-state index contributed by atoms with van der Waals surface area (Å²) in [6.45, 7) is 9.83. The molecule has 0 bridgehead atoms. The second-order valence-electron chi connectivity index (χ2n) is 7.09. The van der Waals surface area contributed by atoms with Crippen LogP contribution in [0.4, 0.5) is 0 Å². The van der Waals surface area contributed by atoms with Crippen molar-refractivity contribution in [2.75, 3.05) is 0 Å². The molecule has 1 aliphatic carbocycles. The minimum atomic E-state index is 0.596. The molecule has 0 aromatic carbocycles. The fourth-order valence-electron chi connectivity index (χ4n) is 2.89. The summed E-state index contributed by atoms with van der Waals surface area (Å²) in [6, 6.07) is 0. The summed E-state index contributed by atoms with van der Waals surface area (Å²) in [7, 11) is 0. The Morgan fingerprint density at radius 3 is 2.00 bits per heavy atom. The maximum Gasteiger partial charge on any atom is -0.0354 e. The van der Waals surface area contributed by atoms with E-state index in [1.807, 2.05) is 0 Å². The summed E-state index contributed by atoms with van der Waals surface area (Å²) >= 11 is 0. The summed E-state index contributed by atoms with van der Waals surface area (Å²) in [6.07, 6.45) is 13.1. The Morgan fingerprint density at radius 1 is 0.688 bits per heavy atom. The van der Waals surface area contributed by atoms with Crippen molar-refractivity contribution in [1.82, 2.24) is 0 Å². The van der Waals surface area contributed by atoms with Crippen LogP contribution in [0.5, 0.6) is 0 Å². The van der Waals surface area contributed by atoms with E-state index in [1.165, 1.54) is 57.8 Å². The summed E-state index contributed by atoms with van der Waals surface area (Å²) in [4.78, 5) is 0. The standard InChI is InChI=1S/C16H32/c1-14-8-6-5-7-12-16(3,4)13-11-15(2)10-9-14/h14-15H,5-13H2,1-4H3. The van der Waals surface area contributed by atoms with Gasteiger partial charge in [0, 0.05) is 0 Å². The van der Waals surface area contributed by atoms with E-state index in [4.69, 9.17) is 0 Å². The van der Waals surface area contributed by atoms with E-state index in [1.54, 1.807) is 0 Å². The van der Waals surface area contributed by atoms with Crippen LogP contribution in [0.1, 0.15) is 85.5 Å². The van der Waals surface area contributed by atoms with E-state index in [0.717, 1.165) is 11.8 Å². The van der Waals surface area contributed by atoms with Crippen LogP contribution in [0.2, 0.25) is 0 Å². The predicted octanol–water partition coefficient (Wildman–Crippen LogP) is 5.81. The van der Waals surface area contributed by atoms with E-state index in [9.17, 15) is 0 Å². The molecule has 0 heterocycles. The van der Waals surface area contributed by atoms with E-state index in [-0.39, 0.29) is 0 Å². The van der Waals surface area contributed by atoms with Gasteiger partial charge in [-0.25, -0.2) is 0 Å². The van der Waals surface area contributed by atoms with Crippen LogP contribution in [-0.2, 0) is 0 Å². The van der Waals surface area contributed by atoms with Crippen molar-refractivity contribution in [1.29, 1.82) is 0 Å². The van der Waals surface area contributed by atoms with Gasteiger partial charge < -0.3 is 0 Å². The lowest BCUT2D eigenvalue weighted by Gasteiger charge is -2.27. The molecule has 16 heavy (non-hydrogen) atoms. The molecule has 0 aromatic heterocycles. The normalized spacial score (nSPS) is 33.8. The third-order valence-corrected chi connectivity index (χ3v) is 4.52. The van der Waals surface area contributed by atoms with Crippen LogP contribution in [0.25, 0.3) is 0 Å². The van der Waals surface area contributed by atoms with Gasteiger partial charge in [-0.3, -0.25) is 0 Å². The maximum atomic E-state index is 2.47. The molecule has 0 aliphatic heterocycles. The molecule has 0 aromatic rings. The molecule has 0 N–H and O–H groups in total. The lowest BCUT2D eigenvalue weighted by atomic mass is 9.79. The average Bonchev–Trinajstić information content (AvgIpc) is 2.22. The van der Waals surface area contributed by atoms with Gasteiger partial charge in [0.15, 0.2) is 0 Å². The zero-order chi connectivity index (χ0) is 12.0. The number of hydrogen-bond acceptors (Lipinski definition) is 0. The summed E-state index contributed by atoms with van der Waals surface area (Å²) in [5.74, 6) is 1.91. The first-order valence-corrected chi connectivity index (χ1v) is 7.49. The highest BCUT2D eigenvalue weighted by molar-refractivity contribution is 4.71. The Balaban J connectivity index is 2.41. The van der Waals surface area contributed by atoms with Crippen molar-refractivity contribution < 1.29 is 0 Å². The molecule has 1 aliphatic rings. The van der Waals surface area contributed by atoms with E-state index >= 15 is 0 Å². The van der Waals surface area contributed by atoms with Crippen LogP contribution < -0.4 is 0 Å². The minimum Gasteiger partial charge on any atom is -0.0625 e. The first-order chi connectivity index (χ1) is 7.49. The van der Waals surface area contributed by atoms with Crippen LogP contribution in [-0.4, -0.2) is 0 Å².